The molecule has 82 valence electrons. The summed E-state index contributed by atoms with van der Waals surface area (Å²) < 4.78 is 13.5. The molecule has 5 heteroatoms. The molecule has 1 N–H and O–H groups in total. The second kappa shape index (κ2) is 3.84. The van der Waals surface area contributed by atoms with Crippen LogP contribution in [-0.4, -0.2) is 16.3 Å². The van der Waals surface area contributed by atoms with E-state index in [0.29, 0.717) is 12.7 Å². The predicted molar refractivity (Wildman–Crippen MR) is 57.1 cm³/mol. The van der Waals surface area contributed by atoms with Gasteiger partial charge in [0.25, 0.3) is 5.56 Å². The molecule has 0 aliphatic heterocycles. The number of aldehydes is 1. The van der Waals surface area contributed by atoms with Crippen molar-refractivity contribution in [1.82, 2.24) is 9.97 Å². The maximum Gasteiger partial charge on any atom is 0.270 e. The van der Waals surface area contributed by atoms with Crippen LogP contribution in [-0.2, 0) is 6.42 Å². The van der Waals surface area contributed by atoms with E-state index in [4.69, 9.17) is 0 Å². The minimum Gasteiger partial charge on any atom is -0.319 e. The Morgan fingerprint density at radius 2 is 2.25 bits per heavy atom. The van der Waals surface area contributed by atoms with E-state index in [1.54, 1.807) is 6.92 Å². The lowest BCUT2D eigenvalue weighted by atomic mass is 10.2. The van der Waals surface area contributed by atoms with Crippen LogP contribution in [0, 0.1) is 5.82 Å². The number of hydrogen-bond acceptors (Lipinski definition) is 3. The quantitative estimate of drug-likeness (QED) is 0.779. The van der Waals surface area contributed by atoms with Gasteiger partial charge in [0.05, 0.1) is 5.52 Å². The van der Waals surface area contributed by atoms with Gasteiger partial charge in [-0.05, 0) is 18.6 Å². The molecule has 0 spiro atoms. The first kappa shape index (κ1) is 10.5. The van der Waals surface area contributed by atoms with E-state index in [1.165, 1.54) is 6.07 Å². The number of benzene rings is 1. The molecule has 0 saturated heterocycles. The van der Waals surface area contributed by atoms with Crippen molar-refractivity contribution in [3.05, 3.63) is 39.6 Å². The molecular weight excluding hydrogens is 211 g/mol. The van der Waals surface area contributed by atoms with E-state index in [9.17, 15) is 14.0 Å². The second-order valence-corrected chi connectivity index (χ2v) is 3.38. The zero-order valence-corrected chi connectivity index (χ0v) is 8.58. The highest BCUT2D eigenvalue weighted by molar-refractivity contribution is 5.84. The summed E-state index contributed by atoms with van der Waals surface area (Å²) in [6.07, 6.45) is 0.953. The third-order valence-corrected chi connectivity index (χ3v) is 2.31. The fraction of sp³-hybridized carbons (Fsp3) is 0.182. The molecule has 0 saturated carbocycles. The third-order valence-electron chi connectivity index (χ3n) is 2.31. The van der Waals surface area contributed by atoms with Crippen LogP contribution in [0.1, 0.15) is 23.0 Å². The maximum atomic E-state index is 13.5. The zero-order valence-electron chi connectivity index (χ0n) is 8.58. The van der Waals surface area contributed by atoms with E-state index in [-0.39, 0.29) is 27.9 Å². The van der Waals surface area contributed by atoms with Crippen molar-refractivity contribution in [1.29, 1.82) is 0 Å². The minimum absolute atomic E-state index is 0.0852. The van der Waals surface area contributed by atoms with Gasteiger partial charge in [-0.15, -0.1) is 0 Å². The Balaban J connectivity index is 2.85. The summed E-state index contributed by atoms with van der Waals surface area (Å²) in [5.74, 6) is -0.606. The van der Waals surface area contributed by atoms with E-state index in [2.05, 4.69) is 9.97 Å². The van der Waals surface area contributed by atoms with Gasteiger partial charge >= 0.3 is 0 Å². The molecule has 2 rings (SSSR count). The van der Waals surface area contributed by atoms with Crippen LogP contribution in [0.25, 0.3) is 11.0 Å². The van der Waals surface area contributed by atoms with Gasteiger partial charge in [-0.2, -0.15) is 0 Å². The Labute approximate surface area is 90.1 Å². The SMILES string of the molecule is CCc1nc2c(F)cc(C=O)cc2[nH]c1=O. The molecule has 16 heavy (non-hydrogen) atoms. The average Bonchev–Trinajstić information content (AvgIpc) is 2.28. The highest BCUT2D eigenvalue weighted by Crippen LogP contribution is 2.14. The number of aryl methyl sites for hydroxylation is 1. The van der Waals surface area contributed by atoms with Crippen molar-refractivity contribution in [2.75, 3.05) is 0 Å². The summed E-state index contributed by atoms with van der Waals surface area (Å²) in [5, 5.41) is 0. The summed E-state index contributed by atoms with van der Waals surface area (Å²) in [5.41, 5.74) is 0.431. The lowest BCUT2D eigenvalue weighted by molar-refractivity contribution is 0.112. The first-order chi connectivity index (χ1) is 7.65. The number of nitrogens with zero attached hydrogens (tertiary/aromatic N) is 1. The van der Waals surface area contributed by atoms with Crippen molar-refractivity contribution in [3.63, 3.8) is 0 Å². The molecule has 2 aromatic rings. The Kier molecular flexibility index (Phi) is 2.52. The van der Waals surface area contributed by atoms with Crippen LogP contribution in [0.5, 0.6) is 0 Å². The summed E-state index contributed by atoms with van der Waals surface area (Å²) in [6.45, 7) is 1.76. The molecule has 1 aromatic heterocycles. The molecule has 0 fully saturated rings. The standard InChI is InChI=1S/C11H9FN2O2/c1-2-8-11(16)14-9-4-6(5-15)3-7(12)10(9)13-8/h3-5H,2H2,1H3,(H,14,16). The van der Waals surface area contributed by atoms with Gasteiger partial charge < -0.3 is 4.98 Å². The minimum atomic E-state index is -0.606. The molecule has 0 aliphatic carbocycles. The molecule has 0 unspecified atom stereocenters. The van der Waals surface area contributed by atoms with Crippen LogP contribution in [0.4, 0.5) is 4.39 Å². The summed E-state index contributed by atoms with van der Waals surface area (Å²) in [6, 6.07) is 2.50. The number of carbonyl (C=O) groups is 1. The van der Waals surface area contributed by atoms with Crippen molar-refractivity contribution in [2.24, 2.45) is 0 Å². The van der Waals surface area contributed by atoms with E-state index < -0.39 is 5.82 Å². The lowest BCUT2D eigenvalue weighted by Gasteiger charge is -2.02. The average molecular weight is 220 g/mol. The third kappa shape index (κ3) is 1.60. The fourth-order valence-electron chi connectivity index (χ4n) is 1.52. The first-order valence-electron chi connectivity index (χ1n) is 4.83. The first-order valence-corrected chi connectivity index (χ1v) is 4.83. The Hall–Kier alpha value is -2.04. The zero-order chi connectivity index (χ0) is 11.7. The highest BCUT2D eigenvalue weighted by Gasteiger charge is 2.08. The molecule has 1 heterocycles. The largest absolute Gasteiger partial charge is 0.319 e. The molecule has 4 nitrogen and oxygen atoms in total. The molecule has 0 radical (unpaired) electrons. The van der Waals surface area contributed by atoms with E-state index in [0.717, 1.165) is 6.07 Å². The number of halogens is 1. The number of hydrogen-bond donors (Lipinski definition) is 1. The van der Waals surface area contributed by atoms with Gasteiger partial charge in [0.1, 0.15) is 17.5 Å². The number of aromatic nitrogens is 2. The van der Waals surface area contributed by atoms with Gasteiger partial charge in [0.15, 0.2) is 5.82 Å². The number of carbonyl (C=O) groups excluding carboxylic acids is 1. The topological polar surface area (TPSA) is 62.8 Å². The molecular formula is C11H9FN2O2. The Morgan fingerprint density at radius 1 is 1.50 bits per heavy atom. The number of H-pyrrole nitrogens is 1. The van der Waals surface area contributed by atoms with Crippen LogP contribution < -0.4 is 5.56 Å². The predicted octanol–water partition coefficient (Wildman–Crippen LogP) is 1.44. The summed E-state index contributed by atoms with van der Waals surface area (Å²) in [7, 11) is 0. The Morgan fingerprint density at radius 3 is 2.88 bits per heavy atom. The smallest absolute Gasteiger partial charge is 0.270 e. The number of nitrogens with one attached hydrogen (secondary N) is 1. The fourth-order valence-corrected chi connectivity index (χ4v) is 1.52. The molecule has 0 bridgehead atoms. The number of fused-ring (bicyclic) bond motifs is 1. The second-order valence-electron chi connectivity index (χ2n) is 3.38. The van der Waals surface area contributed by atoms with E-state index in [1.807, 2.05) is 0 Å². The number of rotatable bonds is 2. The van der Waals surface area contributed by atoms with Crippen LogP contribution in [0.2, 0.25) is 0 Å². The van der Waals surface area contributed by atoms with Gasteiger partial charge in [-0.3, -0.25) is 9.59 Å². The summed E-state index contributed by atoms with van der Waals surface area (Å²) >= 11 is 0. The monoisotopic (exact) mass is 220 g/mol. The van der Waals surface area contributed by atoms with Crippen molar-refractivity contribution >= 4 is 17.3 Å². The molecule has 0 aliphatic rings. The maximum absolute atomic E-state index is 13.5. The van der Waals surface area contributed by atoms with Gasteiger partial charge in [0, 0.05) is 5.56 Å². The normalized spacial score (nSPS) is 10.6. The highest BCUT2D eigenvalue weighted by atomic mass is 19.1. The van der Waals surface area contributed by atoms with Crippen molar-refractivity contribution in [3.8, 4) is 0 Å². The van der Waals surface area contributed by atoms with Gasteiger partial charge in [-0.1, -0.05) is 6.92 Å². The summed E-state index contributed by atoms with van der Waals surface area (Å²) in [4.78, 5) is 28.4. The molecule has 0 amide bonds. The van der Waals surface area contributed by atoms with Crippen molar-refractivity contribution in [2.45, 2.75) is 13.3 Å². The molecule has 0 atom stereocenters. The van der Waals surface area contributed by atoms with E-state index >= 15 is 0 Å². The lowest BCUT2D eigenvalue weighted by Crippen LogP contribution is -2.14. The van der Waals surface area contributed by atoms with Crippen molar-refractivity contribution < 1.29 is 9.18 Å². The van der Waals surface area contributed by atoms with Gasteiger partial charge in [-0.25, -0.2) is 9.37 Å². The number of aromatic amines is 1. The van der Waals surface area contributed by atoms with Crippen LogP contribution in [0.15, 0.2) is 16.9 Å². The van der Waals surface area contributed by atoms with Crippen LogP contribution >= 0.6 is 0 Å². The van der Waals surface area contributed by atoms with Crippen LogP contribution in [0.3, 0.4) is 0 Å². The van der Waals surface area contributed by atoms with Gasteiger partial charge in [0.2, 0.25) is 0 Å². The Bertz CT molecular complexity index is 619. The molecule has 1 aromatic carbocycles.